The van der Waals surface area contributed by atoms with E-state index < -0.39 is 5.82 Å². The number of aromatic nitrogens is 2. The van der Waals surface area contributed by atoms with Crippen molar-refractivity contribution in [3.8, 4) is 11.3 Å². The Kier molecular flexibility index (Phi) is 3.80. The highest BCUT2D eigenvalue weighted by molar-refractivity contribution is 5.71. The van der Waals surface area contributed by atoms with Crippen LogP contribution in [0.5, 0.6) is 0 Å². The van der Waals surface area contributed by atoms with Crippen LogP contribution in [0.2, 0.25) is 0 Å². The molecule has 1 fully saturated rings. The van der Waals surface area contributed by atoms with Gasteiger partial charge in [0.05, 0.1) is 6.04 Å². The number of nitrogens with one attached hydrogen (secondary N) is 1. The van der Waals surface area contributed by atoms with Crippen molar-refractivity contribution in [3.05, 3.63) is 69.6 Å². The van der Waals surface area contributed by atoms with Gasteiger partial charge in [-0.05, 0) is 42.2 Å². The van der Waals surface area contributed by atoms with E-state index in [0.717, 1.165) is 17.5 Å². The van der Waals surface area contributed by atoms with E-state index in [0.29, 0.717) is 35.1 Å². The highest BCUT2D eigenvalue weighted by Gasteiger charge is 2.37. The Morgan fingerprint density at radius 1 is 1.23 bits per heavy atom. The van der Waals surface area contributed by atoms with Crippen LogP contribution in [-0.4, -0.2) is 33.8 Å². The predicted octanol–water partition coefficient (Wildman–Crippen LogP) is 2.13. The number of H-pyrrole nitrogens is 1. The smallest absolute Gasteiger partial charge is 0.410 e. The first-order chi connectivity index (χ1) is 15.1. The van der Waals surface area contributed by atoms with Crippen LogP contribution in [0.1, 0.15) is 16.7 Å². The number of halogens is 1. The van der Waals surface area contributed by atoms with Crippen LogP contribution in [-0.2, 0) is 22.5 Å². The molecule has 8 nitrogen and oxygen atoms in total. The molecule has 1 aromatic heterocycles. The van der Waals surface area contributed by atoms with E-state index in [1.807, 2.05) is 12.1 Å². The van der Waals surface area contributed by atoms with Gasteiger partial charge in [-0.3, -0.25) is 10.00 Å². The van der Waals surface area contributed by atoms with Crippen LogP contribution < -0.4 is 15.9 Å². The minimum absolute atomic E-state index is 0.100. The van der Waals surface area contributed by atoms with Crippen molar-refractivity contribution in [1.82, 2.24) is 15.1 Å². The maximum absolute atomic E-state index is 14.4. The molecule has 0 bridgehead atoms. The molecule has 6 rings (SSSR count). The average Bonchev–Trinajstić information content (AvgIpc) is 3.35. The number of fused-ring (bicyclic) bond motifs is 3. The van der Waals surface area contributed by atoms with Gasteiger partial charge in [-0.25, -0.2) is 9.18 Å². The van der Waals surface area contributed by atoms with E-state index in [1.54, 1.807) is 24.0 Å². The molecule has 0 unspecified atom stereocenters. The number of benzene rings is 2. The number of nitrogens with zero attached hydrogens (tertiary/aromatic N) is 4. The number of carbonyl (C=O) groups excluding carboxylic acids is 1. The first kappa shape index (κ1) is 17.9. The molecule has 1 atom stereocenters. The van der Waals surface area contributed by atoms with E-state index in [9.17, 15) is 9.18 Å². The number of aromatic amines is 1. The molecule has 0 saturated carbocycles. The van der Waals surface area contributed by atoms with Gasteiger partial charge in [-0.15, -0.1) is 5.10 Å². The van der Waals surface area contributed by atoms with E-state index in [4.69, 9.17) is 9.57 Å². The van der Waals surface area contributed by atoms with Gasteiger partial charge in [0.15, 0.2) is 5.82 Å². The van der Waals surface area contributed by atoms with Crippen LogP contribution in [0, 0.1) is 12.7 Å². The second kappa shape index (κ2) is 6.56. The molecule has 9 heteroatoms. The fourth-order valence-electron chi connectivity index (χ4n) is 4.33. The van der Waals surface area contributed by atoms with Crippen molar-refractivity contribution in [2.75, 3.05) is 11.8 Å². The first-order valence-corrected chi connectivity index (χ1v) is 9.99. The molecule has 0 spiro atoms. The maximum Gasteiger partial charge on any atom is 0.410 e. The minimum atomic E-state index is -0.425. The zero-order chi connectivity index (χ0) is 21.1. The number of ether oxygens (including phenoxy) is 1. The van der Waals surface area contributed by atoms with Gasteiger partial charge >= 0.3 is 6.09 Å². The van der Waals surface area contributed by atoms with Crippen molar-refractivity contribution in [2.45, 2.75) is 25.9 Å². The van der Waals surface area contributed by atoms with Crippen molar-refractivity contribution in [1.29, 1.82) is 0 Å². The second-order valence-electron chi connectivity index (χ2n) is 7.88. The first-order valence-electron chi connectivity index (χ1n) is 9.99. The summed E-state index contributed by atoms with van der Waals surface area (Å²) in [5.41, 5.74) is 4.69. The number of hydrogen-bond donors (Lipinski definition) is 1. The lowest BCUT2D eigenvalue weighted by Gasteiger charge is -2.28. The standard InChI is InChI=1S/C22H18FN5O3/c1-12-3-2-4-17(23)21(12)28-26-20-18(11-31-28)24-25-19(20)14-6-5-13-8-16-10-30-22(29)27(16)9-15(13)7-14/h2-7,11,16,24H,8-10H2,1H3/t16-/m0/s1. The van der Waals surface area contributed by atoms with Crippen LogP contribution in [0.3, 0.4) is 0 Å². The molecule has 3 aromatic rings. The van der Waals surface area contributed by atoms with Crippen LogP contribution in [0.15, 0.2) is 41.5 Å². The number of rotatable bonds is 2. The largest absolute Gasteiger partial charge is 0.447 e. The van der Waals surface area contributed by atoms with Gasteiger partial charge in [0, 0.05) is 12.1 Å². The Hall–Kier alpha value is -3.88. The zero-order valence-corrected chi connectivity index (χ0v) is 16.6. The highest BCUT2D eigenvalue weighted by atomic mass is 19.1. The molecule has 1 N–H and O–H groups in total. The summed E-state index contributed by atoms with van der Waals surface area (Å²) in [5, 5.41) is 14.2. The third-order valence-electron chi connectivity index (χ3n) is 5.96. The fourth-order valence-corrected chi connectivity index (χ4v) is 4.33. The number of aryl methyl sites for hydroxylation is 1. The van der Waals surface area contributed by atoms with E-state index in [1.165, 1.54) is 23.1 Å². The van der Waals surface area contributed by atoms with E-state index in [-0.39, 0.29) is 17.8 Å². The van der Waals surface area contributed by atoms with Crippen LogP contribution >= 0.6 is 0 Å². The number of hydrogen-bond acceptors (Lipinski definition) is 6. The highest BCUT2D eigenvalue weighted by Crippen LogP contribution is 2.30. The number of cyclic esters (lactones) is 1. The molecule has 3 aliphatic rings. The Balaban J connectivity index is 1.42. The van der Waals surface area contributed by atoms with Gasteiger partial charge in [-0.2, -0.15) is 5.10 Å². The summed E-state index contributed by atoms with van der Waals surface area (Å²) < 4.78 is 19.6. The summed E-state index contributed by atoms with van der Waals surface area (Å²) >= 11 is 0. The molecule has 2 aromatic carbocycles. The number of carbonyl (C=O) groups is 1. The average molecular weight is 419 g/mol. The Morgan fingerprint density at radius 2 is 2.13 bits per heavy atom. The Morgan fingerprint density at radius 3 is 3.00 bits per heavy atom. The number of anilines is 1. The van der Waals surface area contributed by atoms with Gasteiger partial charge in [0.1, 0.15) is 35.0 Å². The van der Waals surface area contributed by atoms with Crippen molar-refractivity contribution >= 4 is 18.0 Å². The quantitative estimate of drug-likeness (QED) is 0.688. The normalized spacial score (nSPS) is 18.9. The van der Waals surface area contributed by atoms with E-state index in [2.05, 4.69) is 21.4 Å². The van der Waals surface area contributed by atoms with Gasteiger partial charge in [0.25, 0.3) is 0 Å². The lowest BCUT2D eigenvalue weighted by atomic mass is 9.93. The third kappa shape index (κ3) is 2.77. The van der Waals surface area contributed by atoms with Crippen molar-refractivity contribution < 1.29 is 18.8 Å². The Bertz CT molecular complexity index is 1330. The van der Waals surface area contributed by atoms with Gasteiger partial charge in [-0.1, -0.05) is 29.4 Å². The van der Waals surface area contributed by atoms with Gasteiger partial charge in [0.2, 0.25) is 0 Å². The van der Waals surface area contributed by atoms with Crippen LogP contribution in [0.25, 0.3) is 17.5 Å². The number of amides is 1. The van der Waals surface area contributed by atoms with Crippen molar-refractivity contribution in [3.63, 3.8) is 0 Å². The summed E-state index contributed by atoms with van der Waals surface area (Å²) in [7, 11) is 0. The van der Waals surface area contributed by atoms with Crippen LogP contribution in [0.4, 0.5) is 14.9 Å². The predicted molar refractivity (Wildman–Crippen MR) is 108 cm³/mol. The lowest BCUT2D eigenvalue weighted by molar-refractivity contribution is 0.155. The zero-order valence-electron chi connectivity index (χ0n) is 16.6. The number of para-hydroxylation sites is 1. The molecule has 3 aliphatic heterocycles. The summed E-state index contributed by atoms with van der Waals surface area (Å²) in [6.45, 7) is 2.74. The molecular formula is C22H18FN5O3. The summed E-state index contributed by atoms with van der Waals surface area (Å²) in [6, 6.07) is 11.0. The summed E-state index contributed by atoms with van der Waals surface area (Å²) in [4.78, 5) is 19.3. The lowest BCUT2D eigenvalue weighted by Crippen LogP contribution is -2.38. The molecule has 1 amide bonds. The van der Waals surface area contributed by atoms with Crippen molar-refractivity contribution in [2.24, 2.45) is 5.10 Å². The molecule has 1 saturated heterocycles. The molecule has 4 heterocycles. The molecule has 0 radical (unpaired) electrons. The third-order valence-corrected chi connectivity index (χ3v) is 5.96. The minimum Gasteiger partial charge on any atom is -0.447 e. The monoisotopic (exact) mass is 419 g/mol. The molecule has 0 aliphatic carbocycles. The molecule has 156 valence electrons. The van der Waals surface area contributed by atoms with Gasteiger partial charge < -0.3 is 9.57 Å². The fraction of sp³-hybridized carbons (Fsp3) is 0.227. The summed E-state index contributed by atoms with van der Waals surface area (Å²) in [5.74, 6) is -0.425. The second-order valence-corrected chi connectivity index (χ2v) is 7.88. The summed E-state index contributed by atoms with van der Waals surface area (Å²) in [6.07, 6.45) is 1.97. The Labute approximate surface area is 176 Å². The maximum atomic E-state index is 14.4. The topological polar surface area (TPSA) is 83.0 Å². The molecular weight excluding hydrogens is 401 g/mol. The molecule has 31 heavy (non-hydrogen) atoms. The van der Waals surface area contributed by atoms with E-state index >= 15 is 0 Å². The SMILES string of the molecule is Cc1cccc(F)c1N1N=c2c(-c3ccc4c(c3)CN3C(=O)OC[C@@H]3C4)n[nH]c2=CO1.